The minimum atomic E-state index is -3.04. The van der Waals surface area contributed by atoms with Crippen LogP contribution in [0.4, 0.5) is 5.82 Å². The average molecular weight is 332 g/mol. The number of benzene rings is 1. The minimum absolute atomic E-state index is 0.113. The third-order valence-electron chi connectivity index (χ3n) is 4.64. The van der Waals surface area contributed by atoms with Gasteiger partial charge in [0.1, 0.15) is 12.1 Å². The van der Waals surface area contributed by atoms with Gasteiger partial charge >= 0.3 is 0 Å². The first-order chi connectivity index (χ1) is 11.1. The Morgan fingerprint density at radius 3 is 2.52 bits per heavy atom. The number of hydrogen-bond donors (Lipinski definition) is 1. The molecule has 0 radical (unpaired) electrons. The number of piperidine rings is 1. The van der Waals surface area contributed by atoms with Crippen LogP contribution in [0.15, 0.2) is 30.6 Å². The highest BCUT2D eigenvalue weighted by Crippen LogP contribution is 2.32. The quantitative estimate of drug-likeness (QED) is 0.927. The molecule has 1 saturated heterocycles. The molecule has 0 bridgehead atoms. The molecule has 1 aliphatic carbocycles. The summed E-state index contributed by atoms with van der Waals surface area (Å²) in [5.41, 5.74) is 0.916. The normalized spacial score (nSPS) is 20.7. The van der Waals surface area contributed by atoms with Crippen LogP contribution in [0.3, 0.4) is 0 Å². The molecule has 0 amide bonds. The third kappa shape index (κ3) is 2.90. The molecular formula is C16H20N4O2S. The van der Waals surface area contributed by atoms with Crippen molar-refractivity contribution in [1.82, 2.24) is 14.3 Å². The smallest absolute Gasteiger partial charge is 0.216 e. The summed E-state index contributed by atoms with van der Waals surface area (Å²) >= 11 is 0. The highest BCUT2D eigenvalue weighted by molar-refractivity contribution is 7.90. The van der Waals surface area contributed by atoms with E-state index in [1.807, 2.05) is 24.3 Å². The zero-order chi connectivity index (χ0) is 15.9. The van der Waals surface area contributed by atoms with Gasteiger partial charge in [-0.25, -0.2) is 22.7 Å². The van der Waals surface area contributed by atoms with Crippen molar-refractivity contribution in [2.45, 2.75) is 37.0 Å². The summed E-state index contributed by atoms with van der Waals surface area (Å²) in [5.74, 6) is 0.833. The first-order valence-electron chi connectivity index (χ1n) is 8.10. The van der Waals surface area contributed by atoms with Crippen LogP contribution in [0.5, 0.6) is 0 Å². The van der Waals surface area contributed by atoms with E-state index in [4.69, 9.17) is 0 Å². The molecule has 2 aliphatic rings. The van der Waals surface area contributed by atoms with E-state index in [1.165, 1.54) is 0 Å². The van der Waals surface area contributed by atoms with Gasteiger partial charge in [-0.3, -0.25) is 0 Å². The average Bonchev–Trinajstić information content (AvgIpc) is 3.41. The standard InChI is InChI=1S/C16H20N4O2S/c21-23(22,13-5-6-13)20-9-7-12(8-10-20)19-16-14-3-1-2-4-15(14)17-11-18-16/h1-4,11-13H,5-10H2,(H,17,18,19). The summed E-state index contributed by atoms with van der Waals surface area (Å²) < 4.78 is 26.2. The van der Waals surface area contributed by atoms with Gasteiger partial charge in [0.05, 0.1) is 10.8 Å². The van der Waals surface area contributed by atoms with E-state index >= 15 is 0 Å². The van der Waals surface area contributed by atoms with E-state index in [1.54, 1.807) is 10.6 Å². The Morgan fingerprint density at radius 2 is 1.78 bits per heavy atom. The van der Waals surface area contributed by atoms with Crippen molar-refractivity contribution in [1.29, 1.82) is 0 Å². The Balaban J connectivity index is 1.45. The van der Waals surface area contributed by atoms with Crippen molar-refractivity contribution < 1.29 is 8.42 Å². The van der Waals surface area contributed by atoms with Crippen molar-refractivity contribution in [3.05, 3.63) is 30.6 Å². The summed E-state index contributed by atoms with van der Waals surface area (Å²) in [6.45, 7) is 1.19. The summed E-state index contributed by atoms with van der Waals surface area (Å²) in [4.78, 5) is 8.62. The van der Waals surface area contributed by atoms with Crippen LogP contribution in [-0.4, -0.2) is 47.1 Å². The first-order valence-corrected chi connectivity index (χ1v) is 9.60. The lowest BCUT2D eigenvalue weighted by molar-refractivity contribution is 0.329. The van der Waals surface area contributed by atoms with Crippen LogP contribution in [-0.2, 0) is 10.0 Å². The van der Waals surface area contributed by atoms with Crippen LogP contribution < -0.4 is 5.32 Å². The topological polar surface area (TPSA) is 75.2 Å². The van der Waals surface area contributed by atoms with Gasteiger partial charge in [0, 0.05) is 24.5 Å². The van der Waals surface area contributed by atoms with Crippen molar-refractivity contribution in [2.75, 3.05) is 18.4 Å². The predicted octanol–water partition coefficient (Wildman–Crippen LogP) is 2.00. The van der Waals surface area contributed by atoms with Gasteiger partial charge in [-0.2, -0.15) is 0 Å². The fourth-order valence-electron chi connectivity index (χ4n) is 3.14. The Morgan fingerprint density at radius 1 is 1.04 bits per heavy atom. The molecule has 2 heterocycles. The molecule has 7 heteroatoms. The molecule has 122 valence electrons. The second-order valence-corrected chi connectivity index (χ2v) is 8.51. The van der Waals surface area contributed by atoms with Gasteiger partial charge in [-0.15, -0.1) is 0 Å². The molecule has 23 heavy (non-hydrogen) atoms. The van der Waals surface area contributed by atoms with E-state index in [2.05, 4.69) is 15.3 Å². The van der Waals surface area contributed by atoms with Gasteiger partial charge < -0.3 is 5.32 Å². The fraction of sp³-hybridized carbons (Fsp3) is 0.500. The molecule has 1 aliphatic heterocycles. The second-order valence-electron chi connectivity index (χ2n) is 6.30. The number of fused-ring (bicyclic) bond motifs is 1. The monoisotopic (exact) mass is 332 g/mol. The molecule has 1 N–H and O–H groups in total. The van der Waals surface area contributed by atoms with Gasteiger partial charge in [0.2, 0.25) is 10.0 Å². The number of aromatic nitrogens is 2. The summed E-state index contributed by atoms with van der Waals surface area (Å²) in [5, 5.41) is 4.36. The molecule has 2 fully saturated rings. The van der Waals surface area contributed by atoms with Crippen LogP contribution in [0.1, 0.15) is 25.7 Å². The second kappa shape index (κ2) is 5.72. The SMILES string of the molecule is O=S(=O)(C1CC1)N1CCC(Nc2ncnc3ccccc23)CC1. The lowest BCUT2D eigenvalue weighted by Crippen LogP contribution is -2.43. The Labute approximate surface area is 136 Å². The van der Waals surface area contributed by atoms with Gasteiger partial charge in [0.25, 0.3) is 0 Å². The number of nitrogens with one attached hydrogen (secondary N) is 1. The fourth-order valence-corrected chi connectivity index (χ4v) is 5.02. The van der Waals surface area contributed by atoms with Crippen molar-refractivity contribution in [2.24, 2.45) is 0 Å². The van der Waals surface area contributed by atoms with Gasteiger partial charge in [-0.1, -0.05) is 12.1 Å². The maximum Gasteiger partial charge on any atom is 0.216 e. The molecule has 0 spiro atoms. The molecule has 2 aromatic rings. The maximum absolute atomic E-state index is 12.3. The highest BCUT2D eigenvalue weighted by Gasteiger charge is 2.41. The molecule has 1 aromatic carbocycles. The van der Waals surface area contributed by atoms with E-state index in [-0.39, 0.29) is 11.3 Å². The molecule has 4 rings (SSSR count). The number of para-hydroxylation sites is 1. The Bertz CT molecular complexity index is 806. The lowest BCUT2D eigenvalue weighted by Gasteiger charge is -2.32. The number of nitrogens with zero attached hydrogens (tertiary/aromatic N) is 3. The molecule has 0 unspecified atom stereocenters. The Hall–Kier alpha value is -1.73. The largest absolute Gasteiger partial charge is 0.367 e. The number of rotatable bonds is 4. The third-order valence-corrected chi connectivity index (χ3v) is 7.04. The number of hydrogen-bond acceptors (Lipinski definition) is 5. The summed E-state index contributed by atoms with van der Waals surface area (Å²) in [6, 6.07) is 8.15. The predicted molar refractivity (Wildman–Crippen MR) is 89.7 cm³/mol. The first kappa shape index (κ1) is 14.8. The summed E-state index contributed by atoms with van der Waals surface area (Å²) in [7, 11) is -3.04. The maximum atomic E-state index is 12.3. The zero-order valence-corrected chi connectivity index (χ0v) is 13.7. The van der Waals surface area contributed by atoms with Crippen LogP contribution in [0.2, 0.25) is 0 Å². The van der Waals surface area contributed by atoms with Crippen LogP contribution in [0.25, 0.3) is 10.9 Å². The lowest BCUT2D eigenvalue weighted by atomic mass is 10.1. The van der Waals surface area contributed by atoms with E-state index < -0.39 is 10.0 Å². The zero-order valence-electron chi connectivity index (χ0n) is 12.9. The Kier molecular flexibility index (Phi) is 3.69. The molecule has 1 aromatic heterocycles. The van der Waals surface area contributed by atoms with E-state index in [9.17, 15) is 8.42 Å². The van der Waals surface area contributed by atoms with Crippen molar-refractivity contribution in [3.8, 4) is 0 Å². The molecule has 6 nitrogen and oxygen atoms in total. The van der Waals surface area contributed by atoms with E-state index in [0.29, 0.717) is 13.1 Å². The van der Waals surface area contributed by atoms with Crippen LogP contribution in [0, 0.1) is 0 Å². The summed E-state index contributed by atoms with van der Waals surface area (Å²) in [6.07, 6.45) is 4.84. The van der Waals surface area contributed by atoms with Gasteiger partial charge in [0.15, 0.2) is 0 Å². The van der Waals surface area contributed by atoms with Crippen molar-refractivity contribution in [3.63, 3.8) is 0 Å². The minimum Gasteiger partial charge on any atom is -0.367 e. The van der Waals surface area contributed by atoms with E-state index in [0.717, 1.165) is 42.4 Å². The van der Waals surface area contributed by atoms with Crippen molar-refractivity contribution >= 4 is 26.7 Å². The molecule has 0 atom stereocenters. The van der Waals surface area contributed by atoms with Gasteiger partial charge in [-0.05, 0) is 37.8 Å². The number of sulfonamides is 1. The molecular weight excluding hydrogens is 312 g/mol. The highest BCUT2D eigenvalue weighted by atomic mass is 32.2. The molecule has 1 saturated carbocycles. The number of anilines is 1. The van der Waals surface area contributed by atoms with Crippen LogP contribution >= 0.6 is 0 Å².